The molecule has 0 aliphatic carbocycles. The molecular weight excluding hydrogens is 382 g/mol. The normalized spacial score (nSPS) is 12.1. The lowest BCUT2D eigenvalue weighted by Crippen LogP contribution is -2.28. The van der Waals surface area contributed by atoms with Crippen molar-refractivity contribution in [2.24, 2.45) is 0 Å². The van der Waals surface area contributed by atoms with E-state index in [9.17, 15) is 4.79 Å². The summed E-state index contributed by atoms with van der Waals surface area (Å²) in [6, 6.07) is 22.1. The molecule has 1 aromatic heterocycles. The van der Waals surface area contributed by atoms with Crippen LogP contribution in [0, 0.1) is 6.92 Å². The Balaban J connectivity index is 1.44. The quantitative estimate of drug-likeness (QED) is 0.491. The second-order valence-corrected chi connectivity index (χ2v) is 7.75. The molecule has 3 aromatic carbocycles. The Morgan fingerprint density at radius 1 is 1.07 bits per heavy atom. The van der Waals surface area contributed by atoms with E-state index in [-0.39, 0.29) is 17.7 Å². The van der Waals surface area contributed by atoms with Gasteiger partial charge < -0.3 is 5.32 Å². The summed E-state index contributed by atoms with van der Waals surface area (Å²) in [4.78, 5) is 12.6. The molecule has 1 amide bonds. The number of benzene rings is 3. The Morgan fingerprint density at radius 2 is 1.83 bits per heavy atom. The van der Waals surface area contributed by atoms with E-state index in [1.807, 2.05) is 56.3 Å². The summed E-state index contributed by atoms with van der Waals surface area (Å²) >= 11 is 1.32. The van der Waals surface area contributed by atoms with Gasteiger partial charge in [-0.2, -0.15) is 4.68 Å². The van der Waals surface area contributed by atoms with Crippen molar-refractivity contribution in [3.05, 3.63) is 77.9 Å². The molecule has 4 aromatic rings. The molecule has 0 aliphatic rings. The lowest BCUT2D eigenvalue weighted by molar-refractivity contribution is -0.119. The van der Waals surface area contributed by atoms with E-state index in [2.05, 4.69) is 45.1 Å². The SMILES string of the molecule is Cc1ccccc1-n1nnnc1SCC(=O)N[C@@H](C)c1cccc2ccccc12. The van der Waals surface area contributed by atoms with Gasteiger partial charge in [-0.15, -0.1) is 5.10 Å². The summed E-state index contributed by atoms with van der Waals surface area (Å²) in [6.07, 6.45) is 0. The van der Waals surface area contributed by atoms with Gasteiger partial charge in [0.05, 0.1) is 17.5 Å². The van der Waals surface area contributed by atoms with Crippen LogP contribution in [0.25, 0.3) is 16.5 Å². The summed E-state index contributed by atoms with van der Waals surface area (Å²) in [5.74, 6) is 0.177. The summed E-state index contributed by atoms with van der Waals surface area (Å²) in [5.41, 5.74) is 3.08. The molecule has 1 N–H and O–H groups in total. The number of hydrogen-bond acceptors (Lipinski definition) is 5. The van der Waals surface area contributed by atoms with Crippen LogP contribution < -0.4 is 5.32 Å². The van der Waals surface area contributed by atoms with Crippen molar-refractivity contribution in [3.8, 4) is 5.69 Å². The second kappa shape index (κ2) is 8.45. The molecule has 0 saturated heterocycles. The molecule has 6 nitrogen and oxygen atoms in total. The number of aryl methyl sites for hydroxylation is 1. The molecular formula is C22H21N5OS. The van der Waals surface area contributed by atoms with Gasteiger partial charge in [0.2, 0.25) is 11.1 Å². The molecule has 1 atom stereocenters. The van der Waals surface area contributed by atoms with Crippen molar-refractivity contribution >= 4 is 28.4 Å². The van der Waals surface area contributed by atoms with Crippen LogP contribution in [0.3, 0.4) is 0 Å². The molecule has 0 radical (unpaired) electrons. The average molecular weight is 404 g/mol. The zero-order chi connectivity index (χ0) is 20.2. The fourth-order valence-corrected chi connectivity index (χ4v) is 4.04. The zero-order valence-electron chi connectivity index (χ0n) is 16.2. The van der Waals surface area contributed by atoms with Crippen molar-refractivity contribution in [2.45, 2.75) is 25.0 Å². The first-order chi connectivity index (χ1) is 14.1. The predicted octanol–water partition coefficient (Wildman–Crippen LogP) is 4.09. The highest BCUT2D eigenvalue weighted by atomic mass is 32.2. The third-order valence-corrected chi connectivity index (χ3v) is 5.70. The van der Waals surface area contributed by atoms with E-state index in [0.29, 0.717) is 5.16 Å². The van der Waals surface area contributed by atoms with Gasteiger partial charge in [0, 0.05) is 0 Å². The number of nitrogens with zero attached hydrogens (tertiary/aromatic N) is 4. The van der Waals surface area contributed by atoms with Gasteiger partial charge in [-0.25, -0.2) is 0 Å². The second-order valence-electron chi connectivity index (χ2n) is 6.81. The Kier molecular flexibility index (Phi) is 5.57. The standard InChI is InChI=1S/C22H21N5OS/c1-15-8-3-6-13-20(15)27-22(24-25-26-27)29-14-21(28)23-16(2)18-12-7-10-17-9-4-5-11-19(17)18/h3-13,16H,14H2,1-2H3,(H,23,28)/t16-/m0/s1. The Labute approximate surface area is 173 Å². The van der Waals surface area contributed by atoms with Gasteiger partial charge >= 0.3 is 0 Å². The molecule has 0 spiro atoms. The molecule has 7 heteroatoms. The number of aromatic nitrogens is 4. The van der Waals surface area contributed by atoms with Gasteiger partial charge in [-0.3, -0.25) is 4.79 Å². The zero-order valence-corrected chi connectivity index (χ0v) is 17.1. The summed E-state index contributed by atoms with van der Waals surface area (Å²) in [7, 11) is 0. The maximum atomic E-state index is 12.6. The number of amides is 1. The number of carbonyl (C=O) groups excluding carboxylic acids is 1. The number of rotatable bonds is 6. The number of nitrogens with one attached hydrogen (secondary N) is 1. The highest BCUT2D eigenvalue weighted by Crippen LogP contribution is 2.25. The lowest BCUT2D eigenvalue weighted by Gasteiger charge is -2.16. The van der Waals surface area contributed by atoms with E-state index in [0.717, 1.165) is 27.6 Å². The minimum atomic E-state index is -0.0958. The predicted molar refractivity (Wildman–Crippen MR) is 115 cm³/mol. The summed E-state index contributed by atoms with van der Waals surface area (Å²) in [5, 5.41) is 17.9. The van der Waals surface area contributed by atoms with Crippen molar-refractivity contribution in [2.75, 3.05) is 5.75 Å². The number of hydrogen-bond donors (Lipinski definition) is 1. The average Bonchev–Trinajstić information content (AvgIpc) is 3.20. The van der Waals surface area contributed by atoms with Gasteiger partial charge in [0.25, 0.3) is 0 Å². The van der Waals surface area contributed by atoms with Crippen LogP contribution in [0.1, 0.15) is 24.1 Å². The van der Waals surface area contributed by atoms with Crippen molar-refractivity contribution in [3.63, 3.8) is 0 Å². The van der Waals surface area contributed by atoms with Gasteiger partial charge in [-0.1, -0.05) is 72.4 Å². The first-order valence-corrected chi connectivity index (χ1v) is 10.4. The number of fused-ring (bicyclic) bond motifs is 1. The van der Waals surface area contributed by atoms with Gasteiger partial charge in [0.15, 0.2) is 0 Å². The smallest absolute Gasteiger partial charge is 0.230 e. The van der Waals surface area contributed by atoms with Gasteiger partial charge in [0.1, 0.15) is 0 Å². The molecule has 0 saturated carbocycles. The topological polar surface area (TPSA) is 72.7 Å². The number of para-hydroxylation sites is 1. The van der Waals surface area contributed by atoms with Gasteiger partial charge in [-0.05, 0) is 52.2 Å². The first kappa shape index (κ1) is 19.1. The van der Waals surface area contributed by atoms with Crippen LogP contribution in [0.2, 0.25) is 0 Å². The van der Waals surface area contributed by atoms with Crippen molar-refractivity contribution in [1.29, 1.82) is 0 Å². The van der Waals surface area contributed by atoms with E-state index in [1.54, 1.807) is 4.68 Å². The van der Waals surface area contributed by atoms with Crippen LogP contribution in [-0.4, -0.2) is 31.9 Å². The van der Waals surface area contributed by atoms with E-state index < -0.39 is 0 Å². The molecule has 0 bridgehead atoms. The molecule has 0 aliphatic heterocycles. The van der Waals surface area contributed by atoms with E-state index in [4.69, 9.17) is 0 Å². The highest BCUT2D eigenvalue weighted by Gasteiger charge is 2.15. The number of carbonyl (C=O) groups is 1. The third-order valence-electron chi connectivity index (χ3n) is 4.78. The molecule has 0 unspecified atom stereocenters. The summed E-state index contributed by atoms with van der Waals surface area (Å²) < 4.78 is 1.67. The molecule has 29 heavy (non-hydrogen) atoms. The molecule has 0 fully saturated rings. The van der Waals surface area contributed by atoms with Crippen LogP contribution in [0.15, 0.2) is 71.9 Å². The monoisotopic (exact) mass is 403 g/mol. The van der Waals surface area contributed by atoms with Crippen LogP contribution in [0.4, 0.5) is 0 Å². The Morgan fingerprint density at radius 3 is 2.69 bits per heavy atom. The Hall–Kier alpha value is -3.19. The minimum Gasteiger partial charge on any atom is -0.349 e. The summed E-state index contributed by atoms with van der Waals surface area (Å²) in [6.45, 7) is 4.01. The third kappa shape index (κ3) is 4.14. The maximum Gasteiger partial charge on any atom is 0.230 e. The fourth-order valence-electron chi connectivity index (χ4n) is 3.34. The molecule has 146 valence electrons. The molecule has 1 heterocycles. The fraction of sp³-hybridized carbons (Fsp3) is 0.182. The minimum absolute atomic E-state index is 0.0604. The number of tetrazole rings is 1. The Bertz CT molecular complexity index is 1150. The van der Waals surface area contributed by atoms with Crippen LogP contribution >= 0.6 is 11.8 Å². The van der Waals surface area contributed by atoms with Crippen molar-refractivity contribution in [1.82, 2.24) is 25.5 Å². The van der Waals surface area contributed by atoms with Crippen LogP contribution in [0.5, 0.6) is 0 Å². The number of thioether (sulfide) groups is 1. The highest BCUT2D eigenvalue weighted by molar-refractivity contribution is 7.99. The van der Waals surface area contributed by atoms with E-state index in [1.165, 1.54) is 11.8 Å². The lowest BCUT2D eigenvalue weighted by atomic mass is 10.00. The molecule has 4 rings (SSSR count). The van der Waals surface area contributed by atoms with Crippen LogP contribution in [-0.2, 0) is 4.79 Å². The van der Waals surface area contributed by atoms with Crippen molar-refractivity contribution < 1.29 is 4.79 Å². The van der Waals surface area contributed by atoms with E-state index >= 15 is 0 Å². The first-order valence-electron chi connectivity index (χ1n) is 9.37. The maximum absolute atomic E-state index is 12.6. The largest absolute Gasteiger partial charge is 0.349 e.